The van der Waals surface area contributed by atoms with Gasteiger partial charge in [0.1, 0.15) is 5.82 Å². The van der Waals surface area contributed by atoms with E-state index in [9.17, 15) is 0 Å². The summed E-state index contributed by atoms with van der Waals surface area (Å²) < 4.78 is 0. The summed E-state index contributed by atoms with van der Waals surface area (Å²) in [6, 6.07) is 8.21. The van der Waals surface area contributed by atoms with Crippen molar-refractivity contribution in [1.29, 1.82) is 0 Å². The zero-order valence-electron chi connectivity index (χ0n) is 8.88. The van der Waals surface area contributed by atoms with Crippen LogP contribution in [0, 0.1) is 0 Å². The van der Waals surface area contributed by atoms with E-state index in [2.05, 4.69) is 34.3 Å². The second kappa shape index (κ2) is 3.07. The second-order valence-electron chi connectivity index (χ2n) is 4.59. The first-order chi connectivity index (χ1) is 7.28. The average molecular weight is 201 g/mol. The fourth-order valence-corrected chi connectivity index (χ4v) is 2.26. The molecule has 1 fully saturated rings. The molecule has 15 heavy (non-hydrogen) atoms. The van der Waals surface area contributed by atoms with Crippen LogP contribution < -0.4 is 5.32 Å². The highest BCUT2D eigenvalue weighted by atomic mass is 15.0. The highest BCUT2D eigenvalue weighted by molar-refractivity contribution is 5.75. The van der Waals surface area contributed by atoms with Crippen molar-refractivity contribution in [2.45, 2.75) is 18.8 Å². The van der Waals surface area contributed by atoms with Crippen LogP contribution in [0.2, 0.25) is 0 Å². The van der Waals surface area contributed by atoms with Gasteiger partial charge >= 0.3 is 0 Å². The number of hydrogen-bond donors (Lipinski definition) is 2. The van der Waals surface area contributed by atoms with E-state index in [1.54, 1.807) is 0 Å². The van der Waals surface area contributed by atoms with Crippen molar-refractivity contribution >= 4 is 11.0 Å². The third-order valence-electron chi connectivity index (χ3n) is 3.33. The summed E-state index contributed by atoms with van der Waals surface area (Å²) in [4.78, 5) is 8.10. The maximum absolute atomic E-state index is 4.67. The lowest BCUT2D eigenvalue weighted by molar-refractivity contribution is 0.496. The molecule has 1 aliphatic rings. The molecule has 1 atom stereocenters. The van der Waals surface area contributed by atoms with Gasteiger partial charge in [0, 0.05) is 12.0 Å². The Balaban J connectivity index is 2.11. The predicted octanol–water partition coefficient (Wildman–Crippen LogP) is 1.81. The first-order valence-corrected chi connectivity index (χ1v) is 5.44. The van der Waals surface area contributed by atoms with E-state index in [1.807, 2.05) is 12.1 Å². The zero-order chi connectivity index (χ0) is 10.3. The first-order valence-electron chi connectivity index (χ1n) is 5.44. The highest BCUT2D eigenvalue weighted by Gasteiger charge is 2.33. The van der Waals surface area contributed by atoms with E-state index in [0.717, 1.165) is 36.4 Å². The van der Waals surface area contributed by atoms with E-state index in [1.165, 1.54) is 0 Å². The number of fused-ring (bicyclic) bond motifs is 1. The molecule has 2 heterocycles. The standard InChI is InChI=1S/C12H15N3/c1-12(6-7-13-8-12)11-14-9-4-2-3-5-10(9)15-11/h2-5,13H,6-8H2,1H3,(H,14,15). The molecule has 1 unspecified atom stereocenters. The molecule has 1 saturated heterocycles. The second-order valence-corrected chi connectivity index (χ2v) is 4.59. The number of H-pyrrole nitrogens is 1. The maximum Gasteiger partial charge on any atom is 0.114 e. The van der Waals surface area contributed by atoms with Crippen LogP contribution in [-0.4, -0.2) is 23.1 Å². The van der Waals surface area contributed by atoms with Crippen LogP contribution in [0.15, 0.2) is 24.3 Å². The zero-order valence-corrected chi connectivity index (χ0v) is 8.88. The van der Waals surface area contributed by atoms with Crippen LogP contribution in [0.4, 0.5) is 0 Å². The molecule has 0 saturated carbocycles. The van der Waals surface area contributed by atoms with Gasteiger partial charge in [-0.15, -0.1) is 0 Å². The fourth-order valence-electron chi connectivity index (χ4n) is 2.26. The third kappa shape index (κ3) is 1.35. The first kappa shape index (κ1) is 8.92. The number of rotatable bonds is 1. The van der Waals surface area contributed by atoms with Gasteiger partial charge in [-0.2, -0.15) is 0 Å². The Labute approximate surface area is 88.9 Å². The lowest BCUT2D eigenvalue weighted by atomic mass is 9.89. The Kier molecular flexibility index (Phi) is 1.83. The van der Waals surface area contributed by atoms with Gasteiger partial charge in [-0.1, -0.05) is 19.1 Å². The van der Waals surface area contributed by atoms with E-state index in [4.69, 9.17) is 0 Å². The van der Waals surface area contributed by atoms with E-state index in [0.29, 0.717) is 0 Å². The van der Waals surface area contributed by atoms with E-state index < -0.39 is 0 Å². The van der Waals surface area contributed by atoms with Gasteiger partial charge in [-0.05, 0) is 25.1 Å². The van der Waals surface area contributed by atoms with Crippen molar-refractivity contribution < 1.29 is 0 Å². The normalized spacial score (nSPS) is 26.2. The van der Waals surface area contributed by atoms with Crippen LogP contribution in [0.25, 0.3) is 11.0 Å². The molecule has 1 aromatic carbocycles. The lowest BCUT2D eigenvalue weighted by Gasteiger charge is -2.18. The van der Waals surface area contributed by atoms with Gasteiger partial charge in [-0.3, -0.25) is 0 Å². The van der Waals surface area contributed by atoms with Crippen molar-refractivity contribution in [2.24, 2.45) is 0 Å². The summed E-state index contributed by atoms with van der Waals surface area (Å²) in [6.45, 7) is 4.38. The van der Waals surface area contributed by atoms with E-state index in [-0.39, 0.29) is 5.41 Å². The summed E-state index contributed by atoms with van der Waals surface area (Å²) in [5, 5.41) is 3.40. The molecule has 2 aromatic rings. The van der Waals surface area contributed by atoms with Crippen LogP contribution in [0.1, 0.15) is 19.2 Å². The lowest BCUT2D eigenvalue weighted by Crippen LogP contribution is -2.26. The highest BCUT2D eigenvalue weighted by Crippen LogP contribution is 2.29. The van der Waals surface area contributed by atoms with Gasteiger partial charge in [0.05, 0.1) is 11.0 Å². The molecule has 0 amide bonds. The molecule has 1 aliphatic heterocycles. The topological polar surface area (TPSA) is 40.7 Å². The van der Waals surface area contributed by atoms with Crippen LogP contribution >= 0.6 is 0 Å². The Morgan fingerprint density at radius 2 is 2.20 bits per heavy atom. The number of para-hydroxylation sites is 2. The van der Waals surface area contributed by atoms with Crippen molar-refractivity contribution in [1.82, 2.24) is 15.3 Å². The molecular weight excluding hydrogens is 186 g/mol. The smallest absolute Gasteiger partial charge is 0.114 e. The van der Waals surface area contributed by atoms with Crippen molar-refractivity contribution in [2.75, 3.05) is 13.1 Å². The van der Waals surface area contributed by atoms with Gasteiger partial charge < -0.3 is 10.3 Å². The van der Waals surface area contributed by atoms with Crippen molar-refractivity contribution in [3.8, 4) is 0 Å². The largest absolute Gasteiger partial charge is 0.341 e. The summed E-state index contributed by atoms with van der Waals surface area (Å²) in [5.74, 6) is 1.12. The number of nitrogens with one attached hydrogen (secondary N) is 2. The quantitative estimate of drug-likeness (QED) is 0.738. The van der Waals surface area contributed by atoms with Gasteiger partial charge in [-0.25, -0.2) is 4.98 Å². The minimum atomic E-state index is 0.180. The Hall–Kier alpha value is -1.35. The fraction of sp³-hybridized carbons (Fsp3) is 0.417. The van der Waals surface area contributed by atoms with Crippen LogP contribution in [-0.2, 0) is 5.41 Å². The molecule has 0 bridgehead atoms. The summed E-state index contributed by atoms with van der Waals surface area (Å²) in [6.07, 6.45) is 1.16. The number of aromatic amines is 1. The number of hydrogen-bond acceptors (Lipinski definition) is 2. The molecule has 3 nitrogen and oxygen atoms in total. The Morgan fingerprint density at radius 1 is 1.33 bits per heavy atom. The molecule has 78 valence electrons. The molecule has 0 radical (unpaired) electrons. The number of benzene rings is 1. The summed E-state index contributed by atoms with van der Waals surface area (Å²) >= 11 is 0. The molecular formula is C12H15N3. The number of nitrogens with zero attached hydrogens (tertiary/aromatic N) is 1. The van der Waals surface area contributed by atoms with Gasteiger partial charge in [0.2, 0.25) is 0 Å². The third-order valence-corrected chi connectivity index (χ3v) is 3.33. The predicted molar refractivity (Wildman–Crippen MR) is 60.9 cm³/mol. The van der Waals surface area contributed by atoms with Crippen molar-refractivity contribution in [3.05, 3.63) is 30.1 Å². The molecule has 1 aromatic heterocycles. The summed E-state index contributed by atoms with van der Waals surface area (Å²) in [7, 11) is 0. The minimum absolute atomic E-state index is 0.180. The SMILES string of the molecule is CC1(c2nc3ccccc3[nH]2)CCNC1. The van der Waals surface area contributed by atoms with Crippen LogP contribution in [0.3, 0.4) is 0 Å². The molecule has 3 rings (SSSR count). The molecule has 0 aliphatic carbocycles. The molecule has 2 N–H and O–H groups in total. The van der Waals surface area contributed by atoms with Gasteiger partial charge in [0.25, 0.3) is 0 Å². The summed E-state index contributed by atoms with van der Waals surface area (Å²) in [5.41, 5.74) is 2.39. The van der Waals surface area contributed by atoms with E-state index >= 15 is 0 Å². The maximum atomic E-state index is 4.67. The molecule has 0 spiro atoms. The minimum Gasteiger partial charge on any atom is -0.341 e. The Bertz CT molecular complexity index is 447. The Morgan fingerprint density at radius 3 is 2.93 bits per heavy atom. The monoisotopic (exact) mass is 201 g/mol. The molecule has 3 heteroatoms. The number of aromatic nitrogens is 2. The van der Waals surface area contributed by atoms with Crippen LogP contribution in [0.5, 0.6) is 0 Å². The average Bonchev–Trinajstić information content (AvgIpc) is 2.84. The van der Waals surface area contributed by atoms with Gasteiger partial charge in [0.15, 0.2) is 0 Å². The number of imidazole rings is 1. The van der Waals surface area contributed by atoms with Crippen molar-refractivity contribution in [3.63, 3.8) is 0 Å².